The molecule has 1 saturated heterocycles. The third-order valence-electron chi connectivity index (χ3n) is 5.31. The van der Waals surface area contributed by atoms with Gasteiger partial charge in [-0.25, -0.2) is 4.39 Å². The van der Waals surface area contributed by atoms with Gasteiger partial charge in [0, 0.05) is 37.9 Å². The van der Waals surface area contributed by atoms with E-state index in [0.29, 0.717) is 12.3 Å². The number of amides is 1. The van der Waals surface area contributed by atoms with Crippen molar-refractivity contribution in [1.82, 2.24) is 9.88 Å². The van der Waals surface area contributed by atoms with E-state index in [0.717, 1.165) is 49.8 Å². The molecular formula is C20H23FN4O2. The van der Waals surface area contributed by atoms with Crippen LogP contribution in [0.1, 0.15) is 17.9 Å². The zero-order valence-electron chi connectivity index (χ0n) is 15.3. The first kappa shape index (κ1) is 17.7. The highest BCUT2D eigenvalue weighted by molar-refractivity contribution is 6.02. The molecule has 7 heteroatoms. The van der Waals surface area contributed by atoms with E-state index in [9.17, 15) is 9.18 Å². The summed E-state index contributed by atoms with van der Waals surface area (Å²) in [5, 5.41) is 2.85. The maximum atomic E-state index is 13.5. The van der Waals surface area contributed by atoms with Gasteiger partial charge < -0.3 is 15.0 Å². The summed E-state index contributed by atoms with van der Waals surface area (Å²) in [4.78, 5) is 21.3. The van der Waals surface area contributed by atoms with Crippen molar-refractivity contribution < 1.29 is 13.9 Å². The highest BCUT2D eigenvalue weighted by Crippen LogP contribution is 2.35. The standard InChI is InChI=1S/C20H23FN4O2/c1-27-19-4-2-3-18(23-19)25-11-9-24(10-12-25)8-7-15-16-13-14(21)5-6-17(16)22-20(15)26/h2-6,13,15H,7-12H2,1H3,(H,22,26). The van der Waals surface area contributed by atoms with Gasteiger partial charge in [0.05, 0.1) is 13.0 Å². The van der Waals surface area contributed by atoms with Gasteiger partial charge in [-0.2, -0.15) is 4.98 Å². The Morgan fingerprint density at radius 2 is 2.04 bits per heavy atom. The van der Waals surface area contributed by atoms with Crippen molar-refractivity contribution in [2.75, 3.05) is 50.1 Å². The van der Waals surface area contributed by atoms with Crippen molar-refractivity contribution in [3.8, 4) is 5.88 Å². The molecule has 142 valence electrons. The van der Waals surface area contributed by atoms with E-state index in [4.69, 9.17) is 4.74 Å². The molecule has 1 aromatic carbocycles. The van der Waals surface area contributed by atoms with Crippen molar-refractivity contribution in [1.29, 1.82) is 0 Å². The topological polar surface area (TPSA) is 57.7 Å². The van der Waals surface area contributed by atoms with Gasteiger partial charge in [-0.05, 0) is 42.8 Å². The van der Waals surface area contributed by atoms with E-state index in [1.807, 2.05) is 18.2 Å². The molecule has 2 aliphatic rings. The minimum absolute atomic E-state index is 0.0326. The Bertz CT molecular complexity index is 836. The van der Waals surface area contributed by atoms with E-state index in [1.54, 1.807) is 13.2 Å². The Hall–Kier alpha value is -2.67. The highest BCUT2D eigenvalue weighted by atomic mass is 19.1. The van der Waals surface area contributed by atoms with E-state index in [1.165, 1.54) is 12.1 Å². The lowest BCUT2D eigenvalue weighted by atomic mass is 9.97. The number of rotatable bonds is 5. The molecule has 2 aromatic rings. The average molecular weight is 370 g/mol. The Labute approximate surface area is 157 Å². The molecule has 0 bridgehead atoms. The van der Waals surface area contributed by atoms with Gasteiger partial charge in [0.1, 0.15) is 11.6 Å². The number of piperazine rings is 1. The van der Waals surface area contributed by atoms with Crippen LogP contribution in [0, 0.1) is 5.82 Å². The van der Waals surface area contributed by atoms with E-state index >= 15 is 0 Å². The van der Waals surface area contributed by atoms with Crippen molar-refractivity contribution in [3.63, 3.8) is 0 Å². The van der Waals surface area contributed by atoms with Gasteiger partial charge in [-0.3, -0.25) is 9.69 Å². The number of ether oxygens (including phenoxy) is 1. The molecule has 3 heterocycles. The number of pyridine rings is 1. The number of fused-ring (bicyclic) bond motifs is 1. The Balaban J connectivity index is 1.33. The highest BCUT2D eigenvalue weighted by Gasteiger charge is 2.31. The average Bonchev–Trinajstić information content (AvgIpc) is 3.01. The van der Waals surface area contributed by atoms with Crippen molar-refractivity contribution in [3.05, 3.63) is 47.8 Å². The number of aromatic nitrogens is 1. The number of benzene rings is 1. The largest absolute Gasteiger partial charge is 0.481 e. The van der Waals surface area contributed by atoms with E-state index in [2.05, 4.69) is 20.1 Å². The van der Waals surface area contributed by atoms with Crippen LogP contribution < -0.4 is 15.0 Å². The fourth-order valence-electron chi connectivity index (χ4n) is 3.79. The van der Waals surface area contributed by atoms with Crippen molar-refractivity contribution in [2.45, 2.75) is 12.3 Å². The molecule has 27 heavy (non-hydrogen) atoms. The first-order chi connectivity index (χ1) is 13.1. The summed E-state index contributed by atoms with van der Waals surface area (Å²) in [6, 6.07) is 10.3. The second-order valence-corrected chi connectivity index (χ2v) is 6.93. The summed E-state index contributed by atoms with van der Waals surface area (Å²) in [7, 11) is 1.62. The number of carbonyl (C=O) groups is 1. The number of nitrogens with zero attached hydrogens (tertiary/aromatic N) is 3. The van der Waals surface area contributed by atoms with Gasteiger partial charge >= 0.3 is 0 Å². The van der Waals surface area contributed by atoms with Crippen LogP contribution in [0.15, 0.2) is 36.4 Å². The van der Waals surface area contributed by atoms with Crippen LogP contribution in [0.3, 0.4) is 0 Å². The summed E-state index contributed by atoms with van der Waals surface area (Å²) in [6.07, 6.45) is 0.694. The number of carbonyl (C=O) groups excluding carboxylic acids is 1. The van der Waals surface area contributed by atoms with Gasteiger partial charge in [0.2, 0.25) is 11.8 Å². The lowest BCUT2D eigenvalue weighted by molar-refractivity contribution is -0.117. The molecular weight excluding hydrogens is 347 g/mol. The number of hydrogen-bond donors (Lipinski definition) is 1. The van der Waals surface area contributed by atoms with Gasteiger partial charge in [-0.1, -0.05) is 6.07 Å². The zero-order chi connectivity index (χ0) is 18.8. The van der Waals surface area contributed by atoms with Crippen LogP contribution in [0.25, 0.3) is 0 Å². The monoisotopic (exact) mass is 370 g/mol. The summed E-state index contributed by atoms with van der Waals surface area (Å²) in [6.45, 7) is 4.38. The summed E-state index contributed by atoms with van der Waals surface area (Å²) in [5.41, 5.74) is 1.51. The molecule has 1 aromatic heterocycles. The fourth-order valence-corrected chi connectivity index (χ4v) is 3.79. The van der Waals surface area contributed by atoms with Crippen LogP contribution >= 0.6 is 0 Å². The molecule has 0 aliphatic carbocycles. The predicted molar refractivity (Wildman–Crippen MR) is 102 cm³/mol. The van der Waals surface area contributed by atoms with E-state index in [-0.39, 0.29) is 17.6 Å². The Morgan fingerprint density at radius 3 is 2.81 bits per heavy atom. The fraction of sp³-hybridized carbons (Fsp3) is 0.400. The van der Waals surface area contributed by atoms with Crippen LogP contribution in [0.2, 0.25) is 0 Å². The second-order valence-electron chi connectivity index (χ2n) is 6.93. The maximum Gasteiger partial charge on any atom is 0.232 e. The SMILES string of the molecule is COc1cccc(N2CCN(CCC3C(=O)Nc4ccc(F)cc43)CC2)n1. The smallest absolute Gasteiger partial charge is 0.232 e. The molecule has 1 atom stereocenters. The van der Waals surface area contributed by atoms with Gasteiger partial charge in [0.25, 0.3) is 0 Å². The molecule has 2 aliphatic heterocycles. The third-order valence-corrected chi connectivity index (χ3v) is 5.31. The molecule has 4 rings (SSSR count). The molecule has 0 saturated carbocycles. The lowest BCUT2D eigenvalue weighted by Gasteiger charge is -2.35. The Kier molecular flexibility index (Phi) is 4.94. The summed E-state index contributed by atoms with van der Waals surface area (Å²) < 4.78 is 18.7. The lowest BCUT2D eigenvalue weighted by Crippen LogP contribution is -2.47. The minimum Gasteiger partial charge on any atom is -0.481 e. The van der Waals surface area contributed by atoms with Gasteiger partial charge in [0.15, 0.2) is 0 Å². The maximum absolute atomic E-state index is 13.5. The molecule has 1 amide bonds. The summed E-state index contributed by atoms with van der Waals surface area (Å²) in [5.74, 6) is 0.944. The molecule has 1 N–H and O–H groups in total. The number of halogens is 1. The van der Waals surface area contributed by atoms with Crippen molar-refractivity contribution >= 4 is 17.4 Å². The Morgan fingerprint density at radius 1 is 1.22 bits per heavy atom. The predicted octanol–water partition coefficient (Wildman–Crippen LogP) is 2.48. The molecule has 0 radical (unpaired) electrons. The van der Waals surface area contributed by atoms with E-state index < -0.39 is 0 Å². The second kappa shape index (κ2) is 7.52. The minimum atomic E-state index is -0.297. The first-order valence-corrected chi connectivity index (χ1v) is 9.23. The van der Waals surface area contributed by atoms with Crippen LogP contribution in [0.4, 0.5) is 15.9 Å². The molecule has 1 unspecified atom stereocenters. The molecule has 0 spiro atoms. The zero-order valence-corrected chi connectivity index (χ0v) is 15.3. The first-order valence-electron chi connectivity index (χ1n) is 9.23. The summed E-state index contributed by atoms with van der Waals surface area (Å²) >= 11 is 0. The van der Waals surface area contributed by atoms with Gasteiger partial charge in [-0.15, -0.1) is 0 Å². The molecule has 1 fully saturated rings. The third kappa shape index (κ3) is 3.73. The van der Waals surface area contributed by atoms with Crippen LogP contribution in [-0.2, 0) is 4.79 Å². The molecule has 6 nitrogen and oxygen atoms in total. The number of methoxy groups -OCH3 is 1. The van der Waals surface area contributed by atoms with Crippen molar-refractivity contribution in [2.24, 2.45) is 0 Å². The number of hydrogen-bond acceptors (Lipinski definition) is 5. The normalized spacial score (nSPS) is 19.7. The number of anilines is 2. The quantitative estimate of drug-likeness (QED) is 0.876. The van der Waals surface area contributed by atoms with Crippen LogP contribution in [-0.4, -0.2) is 55.6 Å². The number of nitrogens with one attached hydrogen (secondary N) is 1. The van der Waals surface area contributed by atoms with Crippen LogP contribution in [0.5, 0.6) is 5.88 Å².